The first-order valence-electron chi connectivity index (χ1n) is 8.90. The number of hydrogen-bond acceptors (Lipinski definition) is 2. The summed E-state index contributed by atoms with van der Waals surface area (Å²) in [6, 6.07) is 31.8. The summed E-state index contributed by atoms with van der Waals surface area (Å²) in [5.41, 5.74) is 3.25. The molecule has 0 amide bonds. The third-order valence-corrected chi connectivity index (χ3v) is 4.60. The Kier molecular flexibility index (Phi) is 5.99. The highest BCUT2D eigenvalue weighted by molar-refractivity contribution is 5.49. The van der Waals surface area contributed by atoms with Crippen molar-refractivity contribution >= 4 is 0 Å². The van der Waals surface area contributed by atoms with Crippen LogP contribution in [0.25, 0.3) is 0 Å². The van der Waals surface area contributed by atoms with Gasteiger partial charge in [-0.15, -0.1) is 0 Å². The predicted octanol–water partition coefficient (Wildman–Crippen LogP) is 4.34. The van der Waals surface area contributed by atoms with Crippen molar-refractivity contribution in [2.24, 2.45) is 0 Å². The summed E-state index contributed by atoms with van der Waals surface area (Å²) in [6.07, 6.45) is 1.74. The summed E-state index contributed by atoms with van der Waals surface area (Å²) in [4.78, 5) is 0. The van der Waals surface area contributed by atoms with Gasteiger partial charge in [0.1, 0.15) is 0 Å². The zero-order valence-corrected chi connectivity index (χ0v) is 14.4. The average molecular weight is 331 g/mol. The lowest BCUT2D eigenvalue weighted by Crippen LogP contribution is -2.45. The van der Waals surface area contributed by atoms with Gasteiger partial charge in [0, 0.05) is 6.61 Å². The maximum Gasteiger partial charge on any atom is 0.0947 e. The van der Waals surface area contributed by atoms with E-state index in [4.69, 9.17) is 5.11 Å². The second-order valence-corrected chi connectivity index (χ2v) is 6.21. The number of aliphatic hydroxyl groups is 1. The lowest BCUT2D eigenvalue weighted by atomic mass is 9.77. The predicted molar refractivity (Wildman–Crippen MR) is 104 cm³/mol. The van der Waals surface area contributed by atoms with Gasteiger partial charge in [0.05, 0.1) is 5.54 Å². The second kappa shape index (κ2) is 8.61. The normalized spacial score (nSPS) is 11.4. The second-order valence-electron chi connectivity index (χ2n) is 6.21. The monoisotopic (exact) mass is 331 g/mol. The Morgan fingerprint density at radius 2 is 1.00 bits per heavy atom. The molecule has 0 saturated heterocycles. The highest BCUT2D eigenvalue weighted by Gasteiger charge is 2.35. The van der Waals surface area contributed by atoms with E-state index < -0.39 is 5.54 Å². The lowest BCUT2D eigenvalue weighted by Gasteiger charge is -2.37. The van der Waals surface area contributed by atoms with Gasteiger partial charge in [-0.25, -0.2) is 0 Å². The number of unbranched alkanes of at least 4 members (excludes halogenated alkanes) is 1. The van der Waals surface area contributed by atoms with E-state index in [-0.39, 0.29) is 6.61 Å². The first kappa shape index (κ1) is 17.4. The quantitative estimate of drug-likeness (QED) is 0.475. The highest BCUT2D eigenvalue weighted by atomic mass is 16.2. The van der Waals surface area contributed by atoms with E-state index in [0.29, 0.717) is 0 Å². The summed E-state index contributed by atoms with van der Waals surface area (Å²) in [6.45, 7) is 1.07. The molecule has 2 N–H and O–H groups in total. The molecule has 0 aliphatic heterocycles. The molecule has 0 atom stereocenters. The molecule has 0 bridgehead atoms. The fourth-order valence-corrected chi connectivity index (χ4v) is 3.38. The smallest absolute Gasteiger partial charge is 0.0947 e. The van der Waals surface area contributed by atoms with Crippen LogP contribution in [0.5, 0.6) is 0 Å². The van der Waals surface area contributed by atoms with Crippen molar-refractivity contribution in [3.05, 3.63) is 108 Å². The molecule has 2 nitrogen and oxygen atoms in total. The van der Waals surface area contributed by atoms with Crippen molar-refractivity contribution in [2.75, 3.05) is 13.2 Å². The van der Waals surface area contributed by atoms with Crippen LogP contribution in [0.15, 0.2) is 91.0 Å². The zero-order valence-electron chi connectivity index (χ0n) is 14.4. The molecule has 0 radical (unpaired) electrons. The van der Waals surface area contributed by atoms with E-state index >= 15 is 0 Å². The van der Waals surface area contributed by atoms with Gasteiger partial charge >= 0.3 is 0 Å². The maximum absolute atomic E-state index is 9.12. The Morgan fingerprint density at radius 1 is 0.600 bits per heavy atom. The molecule has 25 heavy (non-hydrogen) atoms. The molecule has 128 valence electrons. The molecule has 0 heterocycles. The van der Waals surface area contributed by atoms with Crippen LogP contribution in [0, 0.1) is 0 Å². The van der Waals surface area contributed by atoms with Crippen molar-refractivity contribution in [1.82, 2.24) is 5.32 Å². The van der Waals surface area contributed by atoms with E-state index in [1.807, 2.05) is 0 Å². The number of aliphatic hydroxyl groups excluding tert-OH is 1. The largest absolute Gasteiger partial charge is 0.396 e. The van der Waals surface area contributed by atoms with E-state index in [2.05, 4.69) is 96.3 Å². The third kappa shape index (κ3) is 3.81. The summed E-state index contributed by atoms with van der Waals surface area (Å²) < 4.78 is 0. The van der Waals surface area contributed by atoms with Crippen LogP contribution in [0.3, 0.4) is 0 Å². The Labute approximate surface area is 150 Å². The van der Waals surface area contributed by atoms with Crippen molar-refractivity contribution in [2.45, 2.75) is 18.4 Å². The molecule has 0 fully saturated rings. The van der Waals surface area contributed by atoms with Gasteiger partial charge in [-0.3, -0.25) is 5.32 Å². The lowest BCUT2D eigenvalue weighted by molar-refractivity contribution is 0.281. The van der Waals surface area contributed by atoms with Crippen molar-refractivity contribution in [3.8, 4) is 0 Å². The van der Waals surface area contributed by atoms with Gasteiger partial charge < -0.3 is 5.11 Å². The topological polar surface area (TPSA) is 32.3 Å². The van der Waals surface area contributed by atoms with Gasteiger partial charge in [0.15, 0.2) is 0 Å². The van der Waals surface area contributed by atoms with Crippen LogP contribution in [-0.4, -0.2) is 18.3 Å². The summed E-state index contributed by atoms with van der Waals surface area (Å²) >= 11 is 0. The molecule has 3 aromatic rings. The van der Waals surface area contributed by atoms with Gasteiger partial charge in [-0.1, -0.05) is 91.0 Å². The molecule has 3 rings (SSSR count). The Morgan fingerprint density at radius 3 is 1.36 bits per heavy atom. The fraction of sp³-hybridized carbons (Fsp3) is 0.217. The number of hydrogen-bond donors (Lipinski definition) is 2. The third-order valence-electron chi connectivity index (χ3n) is 4.60. The molecule has 3 aromatic carbocycles. The Balaban J connectivity index is 2.13. The number of rotatable bonds is 8. The van der Waals surface area contributed by atoms with Crippen molar-refractivity contribution < 1.29 is 5.11 Å². The van der Waals surface area contributed by atoms with E-state index in [1.54, 1.807) is 0 Å². The van der Waals surface area contributed by atoms with Crippen molar-refractivity contribution in [1.29, 1.82) is 0 Å². The Bertz CT molecular complexity index is 644. The highest BCUT2D eigenvalue weighted by Crippen LogP contribution is 2.36. The summed E-state index contributed by atoms with van der Waals surface area (Å²) in [5.74, 6) is 0. The number of benzene rings is 3. The molecule has 0 aliphatic carbocycles. The molecular weight excluding hydrogens is 306 g/mol. The minimum absolute atomic E-state index is 0.233. The standard InChI is InChI=1S/C23H25NO/c25-19-11-10-18-24-23(20-12-4-1-5-13-20,21-14-6-2-7-15-21)22-16-8-3-9-17-22/h1-9,12-17,24-25H,10-11,18-19H2. The van der Waals surface area contributed by atoms with Gasteiger partial charge in [-0.05, 0) is 36.1 Å². The fourth-order valence-electron chi connectivity index (χ4n) is 3.38. The maximum atomic E-state index is 9.12. The van der Waals surface area contributed by atoms with Crippen LogP contribution in [0.1, 0.15) is 29.5 Å². The molecule has 0 aromatic heterocycles. The summed E-state index contributed by atoms with van der Waals surface area (Å²) in [7, 11) is 0. The molecule has 0 unspecified atom stereocenters. The van der Waals surface area contributed by atoms with Crippen LogP contribution in [0.2, 0.25) is 0 Å². The van der Waals surface area contributed by atoms with Gasteiger partial charge in [0.25, 0.3) is 0 Å². The first-order chi connectivity index (χ1) is 12.4. The molecular formula is C23H25NO. The minimum atomic E-state index is -0.404. The SMILES string of the molecule is OCCCCNC(c1ccccc1)(c1ccccc1)c1ccccc1. The van der Waals surface area contributed by atoms with Crippen LogP contribution >= 0.6 is 0 Å². The van der Waals surface area contributed by atoms with E-state index in [1.165, 1.54) is 16.7 Å². The van der Waals surface area contributed by atoms with E-state index in [0.717, 1.165) is 19.4 Å². The first-order valence-corrected chi connectivity index (χ1v) is 8.90. The average Bonchev–Trinajstić information content (AvgIpc) is 2.70. The molecule has 0 aliphatic rings. The molecule has 0 spiro atoms. The molecule has 0 saturated carbocycles. The van der Waals surface area contributed by atoms with Crippen molar-refractivity contribution in [3.63, 3.8) is 0 Å². The molecule has 2 heteroatoms. The van der Waals surface area contributed by atoms with Crippen LogP contribution in [0.4, 0.5) is 0 Å². The minimum Gasteiger partial charge on any atom is -0.396 e. The van der Waals surface area contributed by atoms with Crippen LogP contribution in [-0.2, 0) is 5.54 Å². The zero-order chi connectivity index (χ0) is 17.4. The number of nitrogens with one attached hydrogen (secondary N) is 1. The van der Waals surface area contributed by atoms with Gasteiger partial charge in [0.2, 0.25) is 0 Å². The van der Waals surface area contributed by atoms with Crippen LogP contribution < -0.4 is 5.32 Å². The van der Waals surface area contributed by atoms with E-state index in [9.17, 15) is 0 Å². The summed E-state index contributed by atoms with van der Waals surface area (Å²) in [5, 5.41) is 12.9. The Hall–Kier alpha value is -2.42. The van der Waals surface area contributed by atoms with Gasteiger partial charge in [-0.2, -0.15) is 0 Å².